The minimum Gasteiger partial charge on any atom is -0.356 e. The van der Waals surface area contributed by atoms with Crippen molar-refractivity contribution < 1.29 is 13.2 Å². The molecule has 1 aromatic heterocycles. The molecule has 1 heterocycles. The van der Waals surface area contributed by atoms with Gasteiger partial charge in [-0.2, -0.15) is 13.2 Å². The van der Waals surface area contributed by atoms with Gasteiger partial charge in [-0.25, -0.2) is 4.98 Å². The number of rotatable bonds is 6. The fourth-order valence-corrected chi connectivity index (χ4v) is 3.00. The summed E-state index contributed by atoms with van der Waals surface area (Å²) in [6, 6.07) is 5.11. The molecule has 0 radical (unpaired) electrons. The van der Waals surface area contributed by atoms with Gasteiger partial charge in [0.05, 0.1) is 10.6 Å². The van der Waals surface area contributed by atoms with Crippen LogP contribution in [0.4, 0.5) is 13.2 Å². The van der Waals surface area contributed by atoms with Crippen LogP contribution >= 0.6 is 11.3 Å². The number of aliphatic imine (C=N–C) groups is 1. The number of hydrogen-bond donors (Lipinski definition) is 2. The van der Waals surface area contributed by atoms with Crippen LogP contribution in [0, 0.1) is 6.92 Å². The number of aryl methyl sites for hydroxylation is 2. The summed E-state index contributed by atoms with van der Waals surface area (Å²) in [6.45, 7) is 3.13. The number of alkyl halides is 3. The molecule has 25 heavy (non-hydrogen) atoms. The van der Waals surface area contributed by atoms with E-state index in [1.165, 1.54) is 12.1 Å². The van der Waals surface area contributed by atoms with Crippen molar-refractivity contribution in [2.75, 3.05) is 13.6 Å². The maximum Gasteiger partial charge on any atom is 0.416 e. The van der Waals surface area contributed by atoms with Gasteiger partial charge in [0.25, 0.3) is 0 Å². The molecule has 0 aliphatic heterocycles. The van der Waals surface area contributed by atoms with Gasteiger partial charge in [-0.05, 0) is 31.0 Å². The van der Waals surface area contributed by atoms with Crippen LogP contribution in [0.3, 0.4) is 0 Å². The summed E-state index contributed by atoms with van der Waals surface area (Å²) >= 11 is 1.66. The molecular formula is C17H21F3N4S. The Kier molecular flexibility index (Phi) is 6.81. The Morgan fingerprint density at radius 2 is 1.92 bits per heavy atom. The lowest BCUT2D eigenvalue weighted by atomic mass is 10.1. The van der Waals surface area contributed by atoms with Gasteiger partial charge in [0, 0.05) is 37.6 Å². The molecule has 0 unspecified atom stereocenters. The molecule has 0 atom stereocenters. The highest BCUT2D eigenvalue weighted by molar-refractivity contribution is 7.09. The number of nitrogens with one attached hydrogen (secondary N) is 2. The van der Waals surface area contributed by atoms with E-state index >= 15 is 0 Å². The van der Waals surface area contributed by atoms with E-state index in [-0.39, 0.29) is 0 Å². The van der Waals surface area contributed by atoms with Crippen molar-refractivity contribution in [1.29, 1.82) is 0 Å². The van der Waals surface area contributed by atoms with Crippen molar-refractivity contribution in [1.82, 2.24) is 15.6 Å². The molecule has 0 saturated heterocycles. The van der Waals surface area contributed by atoms with Crippen LogP contribution in [-0.4, -0.2) is 24.5 Å². The molecule has 0 saturated carbocycles. The number of benzene rings is 1. The van der Waals surface area contributed by atoms with E-state index in [9.17, 15) is 13.2 Å². The maximum atomic E-state index is 12.5. The number of halogens is 3. The van der Waals surface area contributed by atoms with Crippen LogP contribution in [-0.2, 0) is 19.1 Å². The zero-order chi connectivity index (χ0) is 18.3. The molecule has 0 amide bonds. The Hall–Kier alpha value is -2.09. The average Bonchev–Trinajstić information content (AvgIpc) is 2.99. The fourth-order valence-electron chi connectivity index (χ4n) is 2.18. The molecule has 0 aliphatic carbocycles. The normalized spacial score (nSPS) is 12.3. The van der Waals surface area contributed by atoms with Gasteiger partial charge in [0.15, 0.2) is 5.96 Å². The summed E-state index contributed by atoms with van der Waals surface area (Å²) in [7, 11) is 1.66. The summed E-state index contributed by atoms with van der Waals surface area (Å²) in [4.78, 5) is 8.52. The minimum absolute atomic E-state index is 0.406. The van der Waals surface area contributed by atoms with Gasteiger partial charge >= 0.3 is 6.18 Å². The van der Waals surface area contributed by atoms with E-state index in [0.29, 0.717) is 12.5 Å². The number of hydrogen-bond acceptors (Lipinski definition) is 3. The van der Waals surface area contributed by atoms with Crippen molar-refractivity contribution in [3.8, 4) is 0 Å². The molecule has 8 heteroatoms. The lowest BCUT2D eigenvalue weighted by Crippen LogP contribution is -2.37. The number of nitrogens with zero attached hydrogens (tertiary/aromatic N) is 2. The molecule has 0 spiro atoms. The monoisotopic (exact) mass is 370 g/mol. The van der Waals surface area contributed by atoms with Gasteiger partial charge in [-0.1, -0.05) is 12.1 Å². The summed E-state index contributed by atoms with van der Waals surface area (Å²) in [5, 5.41) is 9.43. The highest BCUT2D eigenvalue weighted by atomic mass is 32.1. The first-order valence-electron chi connectivity index (χ1n) is 7.90. The quantitative estimate of drug-likeness (QED) is 0.462. The first-order valence-corrected chi connectivity index (χ1v) is 8.78. The largest absolute Gasteiger partial charge is 0.416 e. The van der Waals surface area contributed by atoms with Crippen LogP contribution in [0.25, 0.3) is 0 Å². The first kappa shape index (κ1) is 19.2. The predicted octanol–water partition coefficient (Wildman–Crippen LogP) is 3.77. The Balaban J connectivity index is 1.72. The second-order valence-corrected chi connectivity index (χ2v) is 6.48. The van der Waals surface area contributed by atoms with Gasteiger partial charge < -0.3 is 10.6 Å². The van der Waals surface area contributed by atoms with Gasteiger partial charge in [-0.15, -0.1) is 11.3 Å². The van der Waals surface area contributed by atoms with Crippen molar-refractivity contribution >= 4 is 17.3 Å². The molecule has 0 bridgehead atoms. The molecule has 4 nitrogen and oxygen atoms in total. The molecule has 1 aromatic carbocycles. The minimum atomic E-state index is -4.31. The van der Waals surface area contributed by atoms with Crippen molar-refractivity contribution in [3.63, 3.8) is 0 Å². The highest BCUT2D eigenvalue weighted by Gasteiger charge is 2.29. The SMILES string of the molecule is CN=C(NCCCc1nc(C)cs1)NCc1ccc(C(F)(F)F)cc1. The zero-order valence-corrected chi connectivity index (χ0v) is 15.0. The molecule has 2 aromatic rings. The first-order chi connectivity index (χ1) is 11.9. The Morgan fingerprint density at radius 1 is 1.20 bits per heavy atom. The third-order valence-corrected chi connectivity index (χ3v) is 4.52. The number of thiazole rings is 1. The third-order valence-electron chi connectivity index (χ3n) is 3.49. The van der Waals surface area contributed by atoms with E-state index in [0.717, 1.165) is 47.8 Å². The van der Waals surface area contributed by atoms with Crippen LogP contribution in [0.2, 0.25) is 0 Å². The van der Waals surface area contributed by atoms with Crippen LogP contribution < -0.4 is 10.6 Å². The molecular weight excluding hydrogens is 349 g/mol. The maximum absolute atomic E-state index is 12.5. The van der Waals surface area contributed by atoms with E-state index in [1.54, 1.807) is 18.4 Å². The van der Waals surface area contributed by atoms with Crippen LogP contribution in [0.1, 0.15) is 28.2 Å². The van der Waals surface area contributed by atoms with E-state index in [2.05, 4.69) is 20.6 Å². The third kappa shape index (κ3) is 6.38. The summed E-state index contributed by atoms with van der Waals surface area (Å²) in [5.74, 6) is 0.621. The topological polar surface area (TPSA) is 49.3 Å². The fraction of sp³-hybridized carbons (Fsp3) is 0.412. The summed E-state index contributed by atoms with van der Waals surface area (Å²) in [5.41, 5.74) is 1.16. The Labute approximate surface area is 149 Å². The van der Waals surface area contributed by atoms with E-state index in [4.69, 9.17) is 0 Å². The molecule has 0 fully saturated rings. The molecule has 0 aliphatic rings. The van der Waals surface area contributed by atoms with Crippen molar-refractivity contribution in [3.05, 3.63) is 51.5 Å². The van der Waals surface area contributed by atoms with E-state index in [1.807, 2.05) is 12.3 Å². The second kappa shape index (κ2) is 8.84. The van der Waals surface area contributed by atoms with Crippen molar-refractivity contribution in [2.45, 2.75) is 32.5 Å². The lowest BCUT2D eigenvalue weighted by Gasteiger charge is -2.12. The molecule has 2 N–H and O–H groups in total. The van der Waals surface area contributed by atoms with Gasteiger partial charge in [0.2, 0.25) is 0 Å². The van der Waals surface area contributed by atoms with Gasteiger partial charge in [-0.3, -0.25) is 4.99 Å². The van der Waals surface area contributed by atoms with Gasteiger partial charge in [0.1, 0.15) is 0 Å². The summed E-state index contributed by atoms with van der Waals surface area (Å²) < 4.78 is 37.6. The lowest BCUT2D eigenvalue weighted by molar-refractivity contribution is -0.137. The predicted molar refractivity (Wildman–Crippen MR) is 94.8 cm³/mol. The van der Waals surface area contributed by atoms with E-state index < -0.39 is 11.7 Å². The Morgan fingerprint density at radius 3 is 2.48 bits per heavy atom. The molecule has 2 rings (SSSR count). The second-order valence-electron chi connectivity index (χ2n) is 5.53. The number of aromatic nitrogens is 1. The average molecular weight is 370 g/mol. The standard InChI is InChI=1S/C17H21F3N4S/c1-12-11-25-15(24-12)4-3-9-22-16(21-2)23-10-13-5-7-14(8-6-13)17(18,19)20/h5-8,11H,3-4,9-10H2,1-2H3,(H2,21,22,23). The number of guanidine groups is 1. The highest BCUT2D eigenvalue weighted by Crippen LogP contribution is 2.29. The van der Waals surface area contributed by atoms with Crippen molar-refractivity contribution in [2.24, 2.45) is 4.99 Å². The van der Waals surface area contributed by atoms with Crippen LogP contribution in [0.15, 0.2) is 34.6 Å². The summed E-state index contributed by atoms with van der Waals surface area (Å²) in [6.07, 6.45) is -2.48. The Bertz CT molecular complexity index is 693. The molecule has 136 valence electrons. The van der Waals surface area contributed by atoms with Crippen LogP contribution in [0.5, 0.6) is 0 Å². The smallest absolute Gasteiger partial charge is 0.356 e. The zero-order valence-electron chi connectivity index (χ0n) is 14.2.